The molecule has 1 atom stereocenters. The molecular formula is C17H18N4O2S. The third-order valence-corrected chi connectivity index (χ3v) is 5.21. The number of carbonyl (C=O) groups is 1. The van der Waals surface area contributed by atoms with Crippen LogP contribution in [0.1, 0.15) is 16.8 Å². The van der Waals surface area contributed by atoms with Crippen molar-refractivity contribution in [2.75, 3.05) is 19.6 Å². The SMILES string of the molecule is O=C(NCC1CCNC1)c1ccc(O)c2[nH]c(-c3cccs3)nc12. The largest absolute Gasteiger partial charge is 0.506 e. The monoisotopic (exact) mass is 342 g/mol. The van der Waals surface area contributed by atoms with Crippen molar-refractivity contribution in [3.05, 3.63) is 35.2 Å². The number of carbonyl (C=O) groups excluding carboxylic acids is 1. The van der Waals surface area contributed by atoms with Gasteiger partial charge in [0.15, 0.2) is 0 Å². The van der Waals surface area contributed by atoms with Crippen LogP contribution in [0, 0.1) is 5.92 Å². The number of amides is 1. The number of nitrogens with one attached hydrogen (secondary N) is 3. The van der Waals surface area contributed by atoms with Crippen LogP contribution in [0.3, 0.4) is 0 Å². The number of imidazole rings is 1. The summed E-state index contributed by atoms with van der Waals surface area (Å²) >= 11 is 1.56. The Morgan fingerprint density at radius 2 is 2.33 bits per heavy atom. The van der Waals surface area contributed by atoms with Crippen molar-refractivity contribution in [3.63, 3.8) is 0 Å². The van der Waals surface area contributed by atoms with E-state index in [-0.39, 0.29) is 11.7 Å². The minimum atomic E-state index is -0.156. The number of aromatic nitrogens is 2. The average Bonchev–Trinajstić information content (AvgIpc) is 3.32. The van der Waals surface area contributed by atoms with Crippen LogP contribution in [-0.2, 0) is 0 Å². The van der Waals surface area contributed by atoms with Gasteiger partial charge in [0.1, 0.15) is 22.6 Å². The second-order valence-corrected chi connectivity index (χ2v) is 6.94. The standard InChI is InChI=1S/C17H18N4O2S/c22-12-4-3-11(17(23)19-9-10-5-6-18-8-10)14-15(12)21-16(20-14)13-2-1-7-24-13/h1-4,7,10,18,22H,5-6,8-9H2,(H,19,23)(H,20,21). The number of hydrogen-bond donors (Lipinski definition) is 4. The second kappa shape index (κ2) is 6.26. The van der Waals surface area contributed by atoms with Crippen LogP contribution in [0.2, 0.25) is 0 Å². The van der Waals surface area contributed by atoms with E-state index in [4.69, 9.17) is 0 Å². The number of rotatable bonds is 4. The highest BCUT2D eigenvalue weighted by Crippen LogP contribution is 2.30. The summed E-state index contributed by atoms with van der Waals surface area (Å²) in [5.74, 6) is 1.07. The Hall–Kier alpha value is -2.38. The molecule has 1 unspecified atom stereocenters. The zero-order chi connectivity index (χ0) is 16.5. The van der Waals surface area contributed by atoms with Gasteiger partial charge in [0.2, 0.25) is 0 Å². The third kappa shape index (κ3) is 2.76. The number of thiophene rings is 1. The first-order chi connectivity index (χ1) is 11.7. The van der Waals surface area contributed by atoms with E-state index >= 15 is 0 Å². The first-order valence-electron chi connectivity index (χ1n) is 7.97. The summed E-state index contributed by atoms with van der Waals surface area (Å²) in [4.78, 5) is 21.2. The van der Waals surface area contributed by atoms with Crippen LogP contribution < -0.4 is 10.6 Å². The van der Waals surface area contributed by atoms with Crippen LogP contribution >= 0.6 is 11.3 Å². The summed E-state index contributed by atoms with van der Waals surface area (Å²) in [6, 6.07) is 7.05. The molecule has 3 aromatic rings. The number of hydrogen-bond acceptors (Lipinski definition) is 5. The minimum absolute atomic E-state index is 0.0943. The summed E-state index contributed by atoms with van der Waals surface area (Å²) < 4.78 is 0. The molecule has 3 heterocycles. The van der Waals surface area contributed by atoms with Crippen LogP contribution in [0.15, 0.2) is 29.6 Å². The predicted octanol–water partition coefficient (Wildman–Crippen LogP) is 2.34. The highest BCUT2D eigenvalue weighted by atomic mass is 32.1. The maximum absolute atomic E-state index is 12.6. The molecule has 0 saturated carbocycles. The van der Waals surface area contributed by atoms with Gasteiger partial charge in [-0.05, 0) is 49.0 Å². The van der Waals surface area contributed by atoms with Crippen molar-refractivity contribution in [2.24, 2.45) is 5.92 Å². The molecule has 1 aliphatic rings. The van der Waals surface area contributed by atoms with Gasteiger partial charge in [-0.25, -0.2) is 4.98 Å². The van der Waals surface area contributed by atoms with E-state index < -0.39 is 0 Å². The molecule has 0 bridgehead atoms. The summed E-state index contributed by atoms with van der Waals surface area (Å²) in [6.45, 7) is 2.60. The number of aromatic amines is 1. The van der Waals surface area contributed by atoms with Crippen molar-refractivity contribution < 1.29 is 9.90 Å². The summed E-state index contributed by atoms with van der Waals surface area (Å²) in [7, 11) is 0. The van der Waals surface area contributed by atoms with Crippen molar-refractivity contribution in [1.82, 2.24) is 20.6 Å². The second-order valence-electron chi connectivity index (χ2n) is 5.99. The molecule has 4 N–H and O–H groups in total. The number of H-pyrrole nitrogens is 1. The number of phenols is 1. The molecule has 1 aliphatic heterocycles. The normalized spacial score (nSPS) is 17.4. The molecule has 24 heavy (non-hydrogen) atoms. The fraction of sp³-hybridized carbons (Fsp3) is 0.294. The Balaban J connectivity index is 1.64. The maximum Gasteiger partial charge on any atom is 0.253 e. The highest BCUT2D eigenvalue weighted by molar-refractivity contribution is 7.13. The van der Waals surface area contributed by atoms with Gasteiger partial charge in [-0.1, -0.05) is 6.07 Å². The Kier molecular flexibility index (Phi) is 3.95. The predicted molar refractivity (Wildman–Crippen MR) is 94.4 cm³/mol. The van der Waals surface area contributed by atoms with Gasteiger partial charge in [0.25, 0.3) is 5.91 Å². The van der Waals surface area contributed by atoms with Crippen LogP contribution in [0.25, 0.3) is 21.7 Å². The average molecular weight is 342 g/mol. The first-order valence-corrected chi connectivity index (χ1v) is 8.85. The molecule has 0 radical (unpaired) electrons. The number of nitrogens with zero attached hydrogens (tertiary/aromatic N) is 1. The molecule has 2 aromatic heterocycles. The first kappa shape index (κ1) is 15.2. The molecule has 124 valence electrons. The van der Waals surface area contributed by atoms with Crippen LogP contribution in [0.4, 0.5) is 0 Å². The molecule has 1 saturated heterocycles. The lowest BCUT2D eigenvalue weighted by Crippen LogP contribution is -2.30. The fourth-order valence-corrected chi connectivity index (χ4v) is 3.68. The van der Waals surface area contributed by atoms with Crippen molar-refractivity contribution in [1.29, 1.82) is 0 Å². The molecule has 4 rings (SSSR count). The van der Waals surface area contributed by atoms with Gasteiger partial charge in [0, 0.05) is 6.54 Å². The summed E-state index contributed by atoms with van der Waals surface area (Å²) in [5, 5.41) is 18.3. The molecule has 7 heteroatoms. The Labute approximate surface area is 142 Å². The molecule has 1 aromatic carbocycles. The highest BCUT2D eigenvalue weighted by Gasteiger charge is 2.19. The summed E-state index contributed by atoms with van der Waals surface area (Å²) in [6.07, 6.45) is 1.08. The maximum atomic E-state index is 12.6. The van der Waals surface area contributed by atoms with Crippen molar-refractivity contribution in [3.8, 4) is 16.5 Å². The fourth-order valence-electron chi connectivity index (χ4n) is 3.01. The van der Waals surface area contributed by atoms with E-state index in [1.165, 1.54) is 6.07 Å². The van der Waals surface area contributed by atoms with E-state index in [1.54, 1.807) is 17.4 Å². The summed E-state index contributed by atoms with van der Waals surface area (Å²) in [5.41, 5.74) is 1.47. The Bertz CT molecular complexity index is 866. The Morgan fingerprint density at radius 3 is 3.08 bits per heavy atom. The lowest BCUT2D eigenvalue weighted by molar-refractivity contribution is 0.0949. The molecule has 6 nitrogen and oxygen atoms in total. The molecule has 0 spiro atoms. The van der Waals surface area contributed by atoms with E-state index in [0.29, 0.717) is 34.9 Å². The van der Waals surface area contributed by atoms with Crippen LogP contribution in [-0.4, -0.2) is 40.6 Å². The van der Waals surface area contributed by atoms with Gasteiger partial charge in [-0.3, -0.25) is 4.79 Å². The van der Waals surface area contributed by atoms with Crippen molar-refractivity contribution in [2.45, 2.75) is 6.42 Å². The van der Waals surface area contributed by atoms with Gasteiger partial charge in [0.05, 0.1) is 10.4 Å². The smallest absolute Gasteiger partial charge is 0.253 e. The lowest BCUT2D eigenvalue weighted by Gasteiger charge is -2.10. The number of fused-ring (bicyclic) bond motifs is 1. The van der Waals surface area contributed by atoms with Gasteiger partial charge < -0.3 is 20.7 Å². The number of phenolic OH excluding ortho intramolecular Hbond substituents is 1. The lowest BCUT2D eigenvalue weighted by atomic mass is 10.1. The molecule has 1 amide bonds. The minimum Gasteiger partial charge on any atom is -0.506 e. The number of aromatic hydroxyl groups is 1. The zero-order valence-corrected chi connectivity index (χ0v) is 13.8. The van der Waals surface area contributed by atoms with Crippen molar-refractivity contribution >= 4 is 28.3 Å². The van der Waals surface area contributed by atoms with E-state index in [2.05, 4.69) is 20.6 Å². The third-order valence-electron chi connectivity index (χ3n) is 4.34. The Morgan fingerprint density at radius 1 is 1.42 bits per heavy atom. The quantitative estimate of drug-likeness (QED) is 0.586. The van der Waals surface area contributed by atoms with Crippen LogP contribution in [0.5, 0.6) is 5.75 Å². The molecular weight excluding hydrogens is 324 g/mol. The van der Waals surface area contributed by atoms with Gasteiger partial charge >= 0.3 is 0 Å². The molecule has 0 aliphatic carbocycles. The van der Waals surface area contributed by atoms with Gasteiger partial charge in [-0.2, -0.15) is 0 Å². The van der Waals surface area contributed by atoms with E-state index in [0.717, 1.165) is 24.4 Å². The zero-order valence-electron chi connectivity index (χ0n) is 13.0. The topological polar surface area (TPSA) is 90.0 Å². The molecule has 1 fully saturated rings. The van der Waals surface area contributed by atoms with Gasteiger partial charge in [-0.15, -0.1) is 11.3 Å². The van der Waals surface area contributed by atoms with E-state index in [1.807, 2.05) is 17.5 Å². The van der Waals surface area contributed by atoms with E-state index in [9.17, 15) is 9.90 Å². The number of benzene rings is 1.